The predicted molar refractivity (Wildman–Crippen MR) is 90.5 cm³/mol. The van der Waals surface area contributed by atoms with Gasteiger partial charge in [-0.25, -0.2) is 0 Å². The second-order valence-electron chi connectivity index (χ2n) is 6.82. The Labute approximate surface area is 132 Å². The van der Waals surface area contributed by atoms with Crippen LogP contribution < -0.4 is 0 Å². The monoisotopic (exact) mass is 356 g/mol. The van der Waals surface area contributed by atoms with Crippen molar-refractivity contribution in [2.75, 3.05) is 0 Å². The molecule has 0 fully saturated rings. The molecule has 1 aromatic rings. The van der Waals surface area contributed by atoms with Gasteiger partial charge in [-0.05, 0) is 42.8 Å². The first-order valence-corrected chi connectivity index (χ1v) is 10.7. The Morgan fingerprint density at radius 3 is 2.15 bits per heavy atom. The Morgan fingerprint density at radius 1 is 1.25 bits per heavy atom. The van der Waals surface area contributed by atoms with Gasteiger partial charge < -0.3 is 4.43 Å². The summed E-state index contributed by atoms with van der Waals surface area (Å²) in [6.45, 7) is 12.7. The van der Waals surface area contributed by atoms with Gasteiger partial charge in [0, 0.05) is 10.9 Å². The molecule has 0 N–H and O–H groups in total. The number of hydrogen-bond donors (Lipinski definition) is 0. The summed E-state index contributed by atoms with van der Waals surface area (Å²) in [5, 5.41) is 0.136. The standard InChI is InChI=1S/C16H25BrO2Si/c1-12(18)11-15(13-7-9-14(17)10-8-13)19-20(5,6)16(2,3)4/h7-10,15H,11H2,1-6H3/t15-/m1/s1. The SMILES string of the molecule is CC(=O)C[C@@H](O[Si](C)(C)C(C)(C)C)c1ccc(Br)cc1. The van der Waals surface area contributed by atoms with E-state index in [1.54, 1.807) is 6.92 Å². The third kappa shape index (κ3) is 4.83. The lowest BCUT2D eigenvalue weighted by molar-refractivity contribution is -0.118. The molecular formula is C16H25BrO2Si. The highest BCUT2D eigenvalue weighted by Gasteiger charge is 2.39. The minimum absolute atomic E-state index is 0.136. The van der Waals surface area contributed by atoms with Crippen LogP contribution in [0.2, 0.25) is 18.1 Å². The molecule has 1 atom stereocenters. The van der Waals surface area contributed by atoms with Gasteiger partial charge in [-0.1, -0.05) is 48.8 Å². The van der Waals surface area contributed by atoms with E-state index in [1.807, 2.05) is 24.3 Å². The highest BCUT2D eigenvalue weighted by Crippen LogP contribution is 2.40. The molecule has 20 heavy (non-hydrogen) atoms. The summed E-state index contributed by atoms with van der Waals surface area (Å²) < 4.78 is 7.48. The van der Waals surface area contributed by atoms with E-state index in [2.05, 4.69) is 49.8 Å². The summed E-state index contributed by atoms with van der Waals surface area (Å²) >= 11 is 3.44. The number of ketones is 1. The van der Waals surface area contributed by atoms with Gasteiger partial charge in [0.05, 0.1) is 6.10 Å². The van der Waals surface area contributed by atoms with Crippen molar-refractivity contribution in [2.24, 2.45) is 0 Å². The summed E-state index contributed by atoms with van der Waals surface area (Å²) in [4.78, 5) is 11.6. The van der Waals surface area contributed by atoms with Crippen molar-refractivity contribution in [1.82, 2.24) is 0 Å². The Hall–Kier alpha value is -0.453. The van der Waals surface area contributed by atoms with E-state index >= 15 is 0 Å². The molecule has 0 saturated carbocycles. The molecule has 1 rings (SSSR count). The lowest BCUT2D eigenvalue weighted by atomic mass is 10.1. The molecule has 0 bridgehead atoms. The molecule has 0 spiro atoms. The molecule has 1 aromatic carbocycles. The third-order valence-corrected chi connectivity index (χ3v) is 8.97. The minimum Gasteiger partial charge on any atom is -0.409 e. The maximum atomic E-state index is 11.6. The van der Waals surface area contributed by atoms with E-state index < -0.39 is 8.32 Å². The van der Waals surface area contributed by atoms with Gasteiger partial charge in [-0.3, -0.25) is 4.79 Å². The summed E-state index contributed by atoms with van der Waals surface area (Å²) in [7, 11) is -1.90. The van der Waals surface area contributed by atoms with Crippen LogP contribution in [0.1, 0.15) is 45.8 Å². The number of benzene rings is 1. The molecule has 112 valence electrons. The minimum atomic E-state index is -1.90. The van der Waals surface area contributed by atoms with Crippen LogP contribution >= 0.6 is 15.9 Å². The van der Waals surface area contributed by atoms with Crippen molar-refractivity contribution in [3.05, 3.63) is 34.3 Å². The van der Waals surface area contributed by atoms with E-state index in [1.165, 1.54) is 0 Å². The Bertz CT molecular complexity index is 460. The van der Waals surface area contributed by atoms with Crippen LogP contribution in [0.3, 0.4) is 0 Å². The Balaban J connectivity index is 3.02. The molecule has 2 nitrogen and oxygen atoms in total. The van der Waals surface area contributed by atoms with Gasteiger partial charge in [0.1, 0.15) is 5.78 Å². The molecule has 0 unspecified atom stereocenters. The molecule has 0 aliphatic heterocycles. The molecule has 4 heteroatoms. The van der Waals surface area contributed by atoms with Crippen molar-refractivity contribution in [3.8, 4) is 0 Å². The second-order valence-corrected chi connectivity index (χ2v) is 12.5. The Kier molecular flexibility index (Phi) is 5.76. The molecule has 0 saturated heterocycles. The molecule has 0 amide bonds. The van der Waals surface area contributed by atoms with Crippen LogP contribution in [0.15, 0.2) is 28.7 Å². The summed E-state index contributed by atoms with van der Waals surface area (Å²) in [6.07, 6.45) is 0.301. The van der Waals surface area contributed by atoms with E-state index in [9.17, 15) is 4.79 Å². The van der Waals surface area contributed by atoms with Crippen molar-refractivity contribution in [2.45, 2.75) is 58.4 Å². The lowest BCUT2D eigenvalue weighted by Gasteiger charge is -2.39. The van der Waals surface area contributed by atoms with Crippen molar-refractivity contribution in [1.29, 1.82) is 0 Å². The van der Waals surface area contributed by atoms with Crippen molar-refractivity contribution in [3.63, 3.8) is 0 Å². The normalized spacial score (nSPS) is 14.2. The number of Topliss-reactive ketones (excluding diaryl/α,β-unsaturated/α-hetero) is 1. The van der Waals surface area contributed by atoms with Crippen LogP contribution in [-0.2, 0) is 9.22 Å². The van der Waals surface area contributed by atoms with Gasteiger partial charge in [0.2, 0.25) is 0 Å². The fourth-order valence-electron chi connectivity index (χ4n) is 1.70. The zero-order valence-electron chi connectivity index (χ0n) is 13.3. The maximum absolute atomic E-state index is 11.6. The Morgan fingerprint density at radius 2 is 1.75 bits per heavy atom. The molecular weight excluding hydrogens is 332 g/mol. The number of carbonyl (C=O) groups excluding carboxylic acids is 1. The average molecular weight is 357 g/mol. The number of rotatable bonds is 5. The van der Waals surface area contributed by atoms with Crippen molar-refractivity contribution >= 4 is 30.0 Å². The number of halogens is 1. The average Bonchev–Trinajstić information content (AvgIpc) is 2.26. The molecule has 0 radical (unpaired) electrons. The van der Waals surface area contributed by atoms with E-state index in [0.717, 1.165) is 10.0 Å². The highest BCUT2D eigenvalue weighted by atomic mass is 79.9. The van der Waals surface area contributed by atoms with Gasteiger partial charge >= 0.3 is 0 Å². The van der Waals surface area contributed by atoms with Gasteiger partial charge in [-0.2, -0.15) is 0 Å². The first-order valence-electron chi connectivity index (χ1n) is 6.95. The highest BCUT2D eigenvalue weighted by molar-refractivity contribution is 9.10. The van der Waals surface area contributed by atoms with Gasteiger partial charge in [-0.15, -0.1) is 0 Å². The number of hydrogen-bond acceptors (Lipinski definition) is 2. The van der Waals surface area contributed by atoms with E-state index in [0.29, 0.717) is 6.42 Å². The smallest absolute Gasteiger partial charge is 0.192 e. The fraction of sp³-hybridized carbons (Fsp3) is 0.562. The van der Waals surface area contributed by atoms with Crippen LogP contribution in [0, 0.1) is 0 Å². The molecule has 0 aliphatic rings. The topological polar surface area (TPSA) is 26.3 Å². The number of carbonyl (C=O) groups is 1. The van der Waals surface area contributed by atoms with Crippen LogP contribution in [0.25, 0.3) is 0 Å². The fourth-order valence-corrected chi connectivity index (χ4v) is 3.25. The molecule has 0 heterocycles. The van der Waals surface area contributed by atoms with Crippen molar-refractivity contribution < 1.29 is 9.22 Å². The largest absolute Gasteiger partial charge is 0.409 e. The summed E-state index contributed by atoms with van der Waals surface area (Å²) in [6, 6.07) is 8.06. The first-order chi connectivity index (χ1) is 9.03. The maximum Gasteiger partial charge on any atom is 0.192 e. The third-order valence-electron chi connectivity index (χ3n) is 3.96. The summed E-state index contributed by atoms with van der Waals surface area (Å²) in [5.41, 5.74) is 1.08. The summed E-state index contributed by atoms with van der Waals surface area (Å²) in [5.74, 6) is 0.164. The molecule has 0 aliphatic carbocycles. The van der Waals surface area contributed by atoms with E-state index in [-0.39, 0.29) is 16.9 Å². The molecule has 0 aromatic heterocycles. The van der Waals surface area contributed by atoms with Crippen LogP contribution in [0.5, 0.6) is 0 Å². The lowest BCUT2D eigenvalue weighted by Crippen LogP contribution is -2.42. The van der Waals surface area contributed by atoms with Crippen LogP contribution in [-0.4, -0.2) is 14.1 Å². The van der Waals surface area contributed by atoms with E-state index in [4.69, 9.17) is 4.43 Å². The first kappa shape index (κ1) is 17.6. The zero-order chi connectivity index (χ0) is 15.6. The predicted octanol–water partition coefficient (Wildman–Crippen LogP) is 5.49. The van der Waals surface area contributed by atoms with Gasteiger partial charge in [0.25, 0.3) is 0 Å². The second kappa shape index (κ2) is 6.54. The van der Waals surface area contributed by atoms with Crippen LogP contribution in [0.4, 0.5) is 0 Å². The zero-order valence-corrected chi connectivity index (χ0v) is 15.9. The quantitative estimate of drug-likeness (QED) is 0.651. The van der Waals surface area contributed by atoms with Gasteiger partial charge in [0.15, 0.2) is 8.32 Å².